The molecular formula is C24H22N2O6SSe. The number of methoxy groups -OCH3 is 1. The molecule has 1 aliphatic rings. The fraction of sp³-hybridized carbons (Fsp3) is 0.125. The zero-order chi connectivity index (χ0) is 24.5. The Labute approximate surface area is 202 Å². The molecule has 0 spiro atoms. The van der Waals surface area contributed by atoms with Crippen molar-refractivity contribution in [1.29, 1.82) is 0 Å². The number of benzene rings is 3. The molecule has 8 nitrogen and oxygen atoms in total. The Morgan fingerprint density at radius 2 is 1.59 bits per heavy atom. The van der Waals surface area contributed by atoms with Crippen LogP contribution in [-0.4, -0.2) is 57.3 Å². The molecule has 0 radical (unpaired) electrons. The van der Waals surface area contributed by atoms with Gasteiger partial charge in [-0.15, -0.1) is 0 Å². The van der Waals surface area contributed by atoms with E-state index in [1.807, 2.05) is 73.6 Å². The van der Waals surface area contributed by atoms with E-state index >= 15 is 0 Å². The molecule has 1 atom stereocenters. The van der Waals surface area contributed by atoms with Crippen molar-refractivity contribution in [3.63, 3.8) is 0 Å². The van der Waals surface area contributed by atoms with Gasteiger partial charge in [-0.1, -0.05) is 0 Å². The van der Waals surface area contributed by atoms with Crippen LogP contribution in [0, 0.1) is 4.91 Å². The van der Waals surface area contributed by atoms with Gasteiger partial charge in [-0.2, -0.15) is 0 Å². The van der Waals surface area contributed by atoms with Crippen molar-refractivity contribution in [3.05, 3.63) is 94.9 Å². The molecule has 0 fully saturated rings. The summed E-state index contributed by atoms with van der Waals surface area (Å²) in [6.07, 6.45) is 1.85. The van der Waals surface area contributed by atoms with Crippen LogP contribution in [0.1, 0.15) is 11.1 Å². The van der Waals surface area contributed by atoms with E-state index in [1.165, 1.54) is 18.2 Å². The average molecular weight is 545 g/mol. The molecule has 4 rings (SSSR count). The summed E-state index contributed by atoms with van der Waals surface area (Å²) >= 11 is -2.52. The third-order valence-electron chi connectivity index (χ3n) is 5.18. The summed E-state index contributed by atoms with van der Waals surface area (Å²) in [7, 11) is 0.589. The van der Waals surface area contributed by atoms with Crippen LogP contribution < -0.4 is 9.36 Å². The van der Waals surface area contributed by atoms with E-state index < -0.39 is 28.8 Å². The van der Waals surface area contributed by atoms with E-state index in [0.717, 1.165) is 31.8 Å². The molecule has 1 aliphatic heterocycles. The first-order valence-corrected chi connectivity index (χ1v) is 14.0. The number of anilines is 1. The van der Waals surface area contributed by atoms with Crippen molar-refractivity contribution in [2.24, 2.45) is 0 Å². The van der Waals surface area contributed by atoms with Crippen molar-refractivity contribution >= 4 is 49.9 Å². The Bertz CT molecular complexity index is 1430. The monoisotopic (exact) mass is 546 g/mol. The molecule has 10 heteroatoms. The van der Waals surface area contributed by atoms with Crippen LogP contribution in [0.25, 0.3) is 5.76 Å². The molecule has 34 heavy (non-hydrogen) atoms. The number of allylic oxidation sites excluding steroid dienone is 1. The number of fused-ring (bicyclic) bond motifs is 1. The standard InChI is InChI=1S/C24H22N2O6SSe/c1-25(2)18-14-12-17(13-15-18)24-16-21(31-3)19-8-4-7-11-23(19)34(24)32-26(27)20-9-5-6-10-22(20)33(28,29)30/h4-16H,1-3H3. The summed E-state index contributed by atoms with van der Waals surface area (Å²) in [6.45, 7) is 0. The third-order valence-corrected chi connectivity index (χ3v) is 9.82. The van der Waals surface area contributed by atoms with Crippen molar-refractivity contribution in [2.75, 3.05) is 26.1 Å². The van der Waals surface area contributed by atoms with E-state index in [1.54, 1.807) is 7.11 Å². The molecule has 0 saturated heterocycles. The van der Waals surface area contributed by atoms with Gasteiger partial charge < -0.3 is 0 Å². The van der Waals surface area contributed by atoms with E-state index in [-0.39, 0.29) is 10.6 Å². The summed E-state index contributed by atoms with van der Waals surface area (Å²) in [5.74, 6) is 0.630. The predicted octanol–water partition coefficient (Wildman–Crippen LogP) is 2.70. The van der Waals surface area contributed by atoms with Crippen molar-refractivity contribution in [1.82, 2.24) is 0 Å². The quantitative estimate of drug-likeness (QED) is 0.256. The van der Waals surface area contributed by atoms with Crippen molar-refractivity contribution in [2.45, 2.75) is 4.90 Å². The van der Waals surface area contributed by atoms with Crippen molar-refractivity contribution in [3.8, 4) is 0 Å². The Hall–Kier alpha value is -3.30. The van der Waals surface area contributed by atoms with Gasteiger partial charge in [0.25, 0.3) is 0 Å². The van der Waals surface area contributed by atoms with E-state index in [9.17, 15) is 17.9 Å². The molecule has 176 valence electrons. The van der Waals surface area contributed by atoms with Gasteiger partial charge in [0.1, 0.15) is 0 Å². The summed E-state index contributed by atoms with van der Waals surface area (Å²) < 4.78 is 48.2. The van der Waals surface area contributed by atoms with Gasteiger partial charge in [-0.25, -0.2) is 0 Å². The molecule has 1 unspecified atom stereocenters. The second-order valence-corrected chi connectivity index (χ2v) is 12.2. The number of hydrogen-bond donors (Lipinski definition) is 0. The van der Waals surface area contributed by atoms with Gasteiger partial charge in [-0.05, 0) is 0 Å². The first-order chi connectivity index (χ1) is 16.2. The molecule has 0 N–H and O–H groups in total. The van der Waals surface area contributed by atoms with Gasteiger partial charge >= 0.3 is 202 Å². The Kier molecular flexibility index (Phi) is 6.67. The summed E-state index contributed by atoms with van der Waals surface area (Å²) in [4.78, 5) is 14.6. The van der Waals surface area contributed by atoms with Crippen LogP contribution in [0.2, 0.25) is 0 Å². The normalized spacial score (nSPS) is 15.2. The minimum absolute atomic E-state index is 0.145. The van der Waals surface area contributed by atoms with Crippen LogP contribution in [0.3, 0.4) is 0 Å². The molecule has 0 aromatic heterocycles. The Morgan fingerprint density at radius 1 is 0.941 bits per heavy atom. The zero-order valence-corrected chi connectivity index (χ0v) is 21.2. The number of rotatable bonds is 7. The van der Waals surface area contributed by atoms with Crippen LogP contribution in [-0.2, 0) is 18.8 Å². The number of hydrogen-bond acceptors (Lipinski definition) is 7. The van der Waals surface area contributed by atoms with Crippen LogP contribution in [0.15, 0.2) is 83.8 Å². The topological polar surface area (TPSA) is 99.0 Å². The average Bonchev–Trinajstić information content (AvgIpc) is 2.83. The van der Waals surface area contributed by atoms with E-state index in [2.05, 4.69) is 0 Å². The van der Waals surface area contributed by atoms with Gasteiger partial charge in [-0.3, -0.25) is 0 Å². The van der Waals surface area contributed by atoms with Crippen molar-refractivity contribution < 1.29 is 26.6 Å². The predicted molar refractivity (Wildman–Crippen MR) is 130 cm³/mol. The molecule has 0 bridgehead atoms. The first kappa shape index (κ1) is 23.8. The van der Waals surface area contributed by atoms with Gasteiger partial charge in [0.05, 0.1) is 0 Å². The fourth-order valence-corrected chi connectivity index (χ4v) is 7.80. The van der Waals surface area contributed by atoms with Gasteiger partial charge in [0.15, 0.2) is 0 Å². The molecule has 3 aromatic carbocycles. The second-order valence-electron chi connectivity index (χ2n) is 7.54. The number of ether oxygens (including phenoxy) is 1. The fourth-order valence-electron chi connectivity index (χ4n) is 3.49. The van der Waals surface area contributed by atoms with Crippen LogP contribution in [0.4, 0.5) is 11.4 Å². The van der Waals surface area contributed by atoms with E-state index in [0.29, 0.717) is 5.76 Å². The maximum absolute atomic E-state index is 13.1. The van der Waals surface area contributed by atoms with Crippen LogP contribution in [0.5, 0.6) is 0 Å². The Balaban J connectivity index is 1.89. The molecule has 1 heterocycles. The van der Waals surface area contributed by atoms with E-state index in [4.69, 9.17) is 8.66 Å². The summed E-state index contributed by atoms with van der Waals surface area (Å²) in [5.41, 5.74) is 2.29. The minimum atomic E-state index is -4.87. The first-order valence-electron chi connectivity index (χ1n) is 10.2. The molecule has 0 aliphatic carbocycles. The summed E-state index contributed by atoms with van der Waals surface area (Å²) in [6, 6.07) is 20.4. The molecule has 0 amide bonds. The number of para-hydroxylation sites is 1. The maximum atomic E-state index is 13.1. The van der Waals surface area contributed by atoms with Gasteiger partial charge in [0.2, 0.25) is 0 Å². The van der Waals surface area contributed by atoms with Gasteiger partial charge in [0, 0.05) is 0 Å². The number of nitrogens with zero attached hydrogens (tertiary/aromatic N) is 2. The zero-order valence-electron chi connectivity index (χ0n) is 18.7. The molecule has 3 aromatic rings. The Morgan fingerprint density at radius 3 is 2.24 bits per heavy atom. The second kappa shape index (κ2) is 9.52. The van der Waals surface area contributed by atoms with Crippen LogP contribution >= 0.6 is 0 Å². The summed E-state index contributed by atoms with van der Waals surface area (Å²) in [5, 5.41) is 0. The SMILES string of the molecule is COC1=CC(c2ccc(N(C)C)cc2)=[Se](O[N+](=O)c2ccccc2S(=O)(=O)[O-])c2ccccc21. The molecule has 0 saturated carbocycles. The molecular weight excluding hydrogens is 523 g/mol. The third kappa shape index (κ3) is 4.67.